The Hall–Kier alpha value is -1.32. The van der Waals surface area contributed by atoms with E-state index >= 15 is 0 Å². The molecular weight excluding hydrogens is 262 g/mol. The van der Waals surface area contributed by atoms with Gasteiger partial charge in [-0.25, -0.2) is 4.98 Å². The van der Waals surface area contributed by atoms with Crippen molar-refractivity contribution in [3.63, 3.8) is 0 Å². The molecule has 1 aromatic heterocycles. The van der Waals surface area contributed by atoms with E-state index in [4.69, 9.17) is 4.74 Å². The Bertz CT molecular complexity index is 453. The van der Waals surface area contributed by atoms with Gasteiger partial charge in [-0.2, -0.15) is 4.98 Å². The number of aromatic nitrogens is 2. The van der Waals surface area contributed by atoms with Gasteiger partial charge in [-0.05, 0) is 44.4 Å². The fourth-order valence-corrected chi connectivity index (χ4v) is 3.57. The van der Waals surface area contributed by atoms with Gasteiger partial charge in [0, 0.05) is 12.6 Å². The first kappa shape index (κ1) is 16.1. The van der Waals surface area contributed by atoms with Crippen LogP contribution in [0.25, 0.3) is 0 Å². The van der Waals surface area contributed by atoms with Crippen molar-refractivity contribution >= 4 is 5.82 Å². The highest BCUT2D eigenvalue weighted by Crippen LogP contribution is 2.43. The molecule has 0 amide bonds. The third-order valence-electron chi connectivity index (χ3n) is 4.26. The van der Waals surface area contributed by atoms with Crippen LogP contribution >= 0.6 is 0 Å². The van der Waals surface area contributed by atoms with Crippen LogP contribution in [0, 0.1) is 18.3 Å². The Labute approximate surface area is 128 Å². The summed E-state index contributed by atoms with van der Waals surface area (Å²) < 4.78 is 5.50. The lowest BCUT2D eigenvalue weighted by atomic mass is 9.78. The zero-order chi connectivity index (χ0) is 15.3. The predicted molar refractivity (Wildman–Crippen MR) is 86.8 cm³/mol. The van der Waals surface area contributed by atoms with Gasteiger partial charge in [0.15, 0.2) is 0 Å². The van der Waals surface area contributed by atoms with Gasteiger partial charge in [-0.15, -0.1) is 0 Å². The summed E-state index contributed by atoms with van der Waals surface area (Å²) >= 11 is 0. The maximum Gasteiger partial charge on any atom is 0.218 e. The Morgan fingerprint density at radius 3 is 2.62 bits per heavy atom. The Morgan fingerprint density at radius 2 is 2.00 bits per heavy atom. The molecule has 4 nitrogen and oxygen atoms in total. The van der Waals surface area contributed by atoms with Crippen molar-refractivity contribution < 1.29 is 4.74 Å². The highest BCUT2D eigenvalue weighted by atomic mass is 16.5. The lowest BCUT2D eigenvalue weighted by Crippen LogP contribution is -2.28. The number of ether oxygens (including phenoxy) is 1. The summed E-state index contributed by atoms with van der Waals surface area (Å²) in [5, 5.41) is 3.54. The van der Waals surface area contributed by atoms with Crippen LogP contribution < -0.4 is 10.1 Å². The lowest BCUT2D eigenvalue weighted by molar-refractivity contribution is 0.252. The molecule has 0 atom stereocenters. The van der Waals surface area contributed by atoms with Crippen LogP contribution in [-0.4, -0.2) is 23.1 Å². The van der Waals surface area contributed by atoms with Crippen molar-refractivity contribution in [2.45, 2.75) is 59.8 Å². The standard InChI is InChI=1S/C17H29N3O/c1-5-21-16-10-15(19-14(4)20-16)18-12-17(11-13(2)3)8-6-7-9-17/h10,13H,5-9,11-12H2,1-4H3,(H,18,19,20). The van der Waals surface area contributed by atoms with E-state index < -0.39 is 0 Å². The molecule has 0 aliphatic heterocycles. The SMILES string of the molecule is CCOc1cc(NCC2(CC(C)C)CCCC2)nc(C)n1. The summed E-state index contributed by atoms with van der Waals surface area (Å²) in [5.74, 6) is 3.06. The maximum absolute atomic E-state index is 5.50. The summed E-state index contributed by atoms with van der Waals surface area (Å²) in [7, 11) is 0. The van der Waals surface area contributed by atoms with Crippen LogP contribution in [-0.2, 0) is 0 Å². The van der Waals surface area contributed by atoms with Crippen molar-refractivity contribution in [3.8, 4) is 5.88 Å². The van der Waals surface area contributed by atoms with Crippen LogP contribution in [0.1, 0.15) is 58.7 Å². The Balaban J connectivity index is 2.03. The molecule has 4 heteroatoms. The van der Waals surface area contributed by atoms with E-state index in [2.05, 4.69) is 29.1 Å². The lowest BCUT2D eigenvalue weighted by Gasteiger charge is -2.31. The van der Waals surface area contributed by atoms with E-state index in [-0.39, 0.29) is 0 Å². The largest absolute Gasteiger partial charge is 0.478 e. The molecule has 118 valence electrons. The van der Waals surface area contributed by atoms with Gasteiger partial charge in [-0.3, -0.25) is 0 Å². The van der Waals surface area contributed by atoms with Gasteiger partial charge in [0.25, 0.3) is 0 Å². The first-order valence-electron chi connectivity index (χ1n) is 8.25. The minimum absolute atomic E-state index is 0.443. The van der Waals surface area contributed by atoms with E-state index in [9.17, 15) is 0 Å². The quantitative estimate of drug-likeness (QED) is 0.817. The number of nitrogens with zero attached hydrogens (tertiary/aromatic N) is 2. The molecule has 1 heterocycles. The van der Waals surface area contributed by atoms with Crippen LogP contribution in [0.15, 0.2) is 6.07 Å². The summed E-state index contributed by atoms with van der Waals surface area (Å²) in [6, 6.07) is 1.91. The summed E-state index contributed by atoms with van der Waals surface area (Å²) in [5.41, 5.74) is 0.443. The molecule has 1 fully saturated rings. The molecule has 0 unspecified atom stereocenters. The average molecular weight is 291 g/mol. The van der Waals surface area contributed by atoms with Crippen LogP contribution in [0.4, 0.5) is 5.82 Å². The number of hydrogen-bond acceptors (Lipinski definition) is 4. The van der Waals surface area contributed by atoms with Crippen molar-refractivity contribution in [1.29, 1.82) is 0 Å². The minimum atomic E-state index is 0.443. The van der Waals surface area contributed by atoms with Gasteiger partial charge in [0.1, 0.15) is 11.6 Å². The second-order valence-corrected chi connectivity index (χ2v) is 6.73. The Morgan fingerprint density at radius 1 is 1.29 bits per heavy atom. The van der Waals surface area contributed by atoms with E-state index in [0.717, 1.165) is 24.1 Å². The van der Waals surface area contributed by atoms with Crippen molar-refractivity contribution in [2.24, 2.45) is 11.3 Å². The van der Waals surface area contributed by atoms with E-state index in [1.807, 2.05) is 19.9 Å². The second kappa shape index (κ2) is 7.10. The zero-order valence-electron chi connectivity index (χ0n) is 13.9. The first-order chi connectivity index (χ1) is 10.0. The molecule has 0 radical (unpaired) electrons. The van der Waals surface area contributed by atoms with E-state index in [1.54, 1.807) is 0 Å². The van der Waals surface area contributed by atoms with Crippen molar-refractivity contribution in [1.82, 2.24) is 9.97 Å². The minimum Gasteiger partial charge on any atom is -0.478 e. The van der Waals surface area contributed by atoms with Gasteiger partial charge in [0.05, 0.1) is 6.61 Å². The van der Waals surface area contributed by atoms with Crippen molar-refractivity contribution in [3.05, 3.63) is 11.9 Å². The molecule has 21 heavy (non-hydrogen) atoms. The number of aryl methyl sites for hydroxylation is 1. The third-order valence-corrected chi connectivity index (χ3v) is 4.26. The molecule has 2 rings (SSSR count). The van der Waals surface area contributed by atoms with E-state index in [0.29, 0.717) is 17.9 Å². The van der Waals surface area contributed by atoms with Gasteiger partial charge in [-0.1, -0.05) is 26.7 Å². The molecule has 0 saturated heterocycles. The fourth-order valence-electron chi connectivity index (χ4n) is 3.57. The topological polar surface area (TPSA) is 47.0 Å². The zero-order valence-corrected chi connectivity index (χ0v) is 13.9. The van der Waals surface area contributed by atoms with Gasteiger partial charge < -0.3 is 10.1 Å². The predicted octanol–water partition coefficient (Wildman–Crippen LogP) is 4.20. The maximum atomic E-state index is 5.50. The number of hydrogen-bond donors (Lipinski definition) is 1. The van der Waals surface area contributed by atoms with Crippen LogP contribution in [0.3, 0.4) is 0 Å². The molecule has 0 spiro atoms. The molecular formula is C17H29N3O. The molecule has 1 saturated carbocycles. The summed E-state index contributed by atoms with van der Waals surface area (Å²) in [6.45, 7) is 10.2. The first-order valence-corrected chi connectivity index (χ1v) is 8.25. The van der Waals surface area contributed by atoms with Gasteiger partial charge in [0.2, 0.25) is 5.88 Å². The highest BCUT2D eigenvalue weighted by molar-refractivity contribution is 5.38. The third kappa shape index (κ3) is 4.58. The Kier molecular flexibility index (Phi) is 5.43. The van der Waals surface area contributed by atoms with Gasteiger partial charge >= 0.3 is 0 Å². The van der Waals surface area contributed by atoms with Crippen molar-refractivity contribution in [2.75, 3.05) is 18.5 Å². The fraction of sp³-hybridized carbons (Fsp3) is 0.765. The molecule has 1 N–H and O–H groups in total. The molecule has 0 bridgehead atoms. The van der Waals surface area contributed by atoms with E-state index in [1.165, 1.54) is 32.1 Å². The number of anilines is 1. The summed E-state index contributed by atoms with van der Waals surface area (Å²) in [6.07, 6.45) is 6.69. The molecule has 0 aromatic carbocycles. The van der Waals surface area contributed by atoms with Crippen LogP contribution in [0.5, 0.6) is 5.88 Å². The molecule has 1 aliphatic rings. The summed E-state index contributed by atoms with van der Waals surface area (Å²) in [4.78, 5) is 8.78. The average Bonchev–Trinajstić information content (AvgIpc) is 2.84. The molecule has 1 aromatic rings. The molecule has 1 aliphatic carbocycles. The normalized spacial score (nSPS) is 17.2. The van der Waals surface area contributed by atoms with Crippen LogP contribution in [0.2, 0.25) is 0 Å². The second-order valence-electron chi connectivity index (χ2n) is 6.73. The number of rotatable bonds is 7. The number of nitrogens with one attached hydrogen (secondary N) is 1. The smallest absolute Gasteiger partial charge is 0.218 e. The monoisotopic (exact) mass is 291 g/mol. The highest BCUT2D eigenvalue weighted by Gasteiger charge is 2.34.